The quantitative estimate of drug-likeness (QED) is 0.524. The molecule has 0 saturated carbocycles. The van der Waals surface area contributed by atoms with Gasteiger partial charge in [-0.25, -0.2) is 0 Å². The first-order valence-corrected chi connectivity index (χ1v) is 10.4. The van der Waals surface area contributed by atoms with Crippen molar-refractivity contribution >= 4 is 39.1 Å². The molecule has 0 atom stereocenters. The van der Waals surface area contributed by atoms with Gasteiger partial charge in [-0.2, -0.15) is 0 Å². The molecule has 0 N–H and O–H groups in total. The summed E-state index contributed by atoms with van der Waals surface area (Å²) in [7, 11) is 0. The Labute approximate surface area is 55.4 Å². The fourth-order valence-corrected chi connectivity index (χ4v) is 0. The molecule has 0 aromatic carbocycles. The Morgan fingerprint density at radius 2 is 2.20 bits per heavy atom. The van der Waals surface area contributed by atoms with E-state index in [0.29, 0.717) is 15.5 Å². The molecule has 0 nitrogen and oxygen atoms in total. The van der Waals surface area contributed by atoms with Gasteiger partial charge in [-0.3, -0.25) is 0 Å². The van der Waals surface area contributed by atoms with Gasteiger partial charge in [0.25, 0.3) is 0 Å². The molecular formula is C3H5NaTe. The Morgan fingerprint density at radius 3 is 2.20 bits per heavy atom. The molecule has 0 amide bonds. The standard InChI is InChI=1S/C3H6Te.Na/c1-3(2)4;/h4H,1H2,2H3;/q;+1/p-1. The van der Waals surface area contributed by atoms with Gasteiger partial charge in [0.15, 0.2) is 0 Å². The van der Waals surface area contributed by atoms with Crippen molar-refractivity contribution < 1.29 is 0 Å². The summed E-state index contributed by atoms with van der Waals surface area (Å²) in [6.07, 6.45) is 0. The summed E-state index contributed by atoms with van der Waals surface area (Å²) in [6.45, 7) is 5.89. The van der Waals surface area contributed by atoms with E-state index in [1.807, 2.05) is 0 Å². The van der Waals surface area contributed by atoms with Crippen LogP contribution in [0.5, 0.6) is 0 Å². The van der Waals surface area contributed by atoms with Crippen LogP contribution < -0.4 is 0 Å². The number of allylic oxidation sites excluding steroid dienone is 1. The van der Waals surface area contributed by atoms with Crippen LogP contribution in [-0.2, 0) is 0 Å². The van der Waals surface area contributed by atoms with Crippen molar-refractivity contribution in [3.63, 3.8) is 0 Å². The molecule has 0 saturated heterocycles. The van der Waals surface area contributed by atoms with Crippen molar-refractivity contribution in [1.29, 1.82) is 0 Å². The van der Waals surface area contributed by atoms with Crippen molar-refractivity contribution in [2.45, 2.75) is 6.92 Å². The molecule has 0 aliphatic carbocycles. The molecule has 0 aromatic heterocycles. The molecule has 2 heteroatoms. The second kappa shape index (κ2) is 3.71. The van der Waals surface area contributed by atoms with Gasteiger partial charge in [-0.05, 0) is 0 Å². The fraction of sp³-hybridized carbons (Fsp3) is 0.333. The minimum absolute atomic E-state index is 0.354. The fourth-order valence-electron chi connectivity index (χ4n) is 0. The Balaban J connectivity index is 2.85. The molecule has 0 fully saturated rings. The molecule has 0 rings (SSSR count). The van der Waals surface area contributed by atoms with E-state index in [1.54, 1.807) is 0 Å². The molecule has 0 aromatic rings. The molecular weight excluding hydrogens is 187 g/mol. The zero-order chi connectivity index (χ0) is 4.28. The van der Waals surface area contributed by atoms with E-state index in [4.69, 9.17) is 0 Å². The van der Waals surface area contributed by atoms with Crippen LogP contribution in [0.25, 0.3) is 0 Å². The van der Waals surface area contributed by atoms with E-state index in [1.165, 1.54) is 27.1 Å². The van der Waals surface area contributed by atoms with Crippen molar-refractivity contribution in [3.8, 4) is 0 Å². The molecule has 0 aliphatic rings. The summed E-state index contributed by atoms with van der Waals surface area (Å²) in [5, 5.41) is 0. The predicted molar refractivity (Wildman–Crippen MR) is 26.3 cm³/mol. The zero-order valence-electron chi connectivity index (χ0n) is 3.62. The Kier molecular flexibility index (Phi) is 4.85. The molecule has 0 radical (unpaired) electrons. The van der Waals surface area contributed by atoms with E-state index in [-0.39, 0.29) is 0 Å². The summed E-state index contributed by atoms with van der Waals surface area (Å²) in [5.41, 5.74) is 0. The molecule has 0 spiro atoms. The Hall–Kier alpha value is 1.53. The van der Waals surface area contributed by atoms with E-state index in [9.17, 15) is 0 Å². The Morgan fingerprint density at radius 1 is 2.00 bits per heavy atom. The molecule has 0 bridgehead atoms. The normalized spacial score (nSPS) is 7.80. The topological polar surface area (TPSA) is 0 Å². The van der Waals surface area contributed by atoms with Crippen LogP contribution in [0.3, 0.4) is 0 Å². The SMILES string of the molecule is C=C(C)[Te][Na]. The number of hydrogen-bond donors (Lipinski definition) is 0. The van der Waals surface area contributed by atoms with Crippen LogP contribution >= 0.6 is 0 Å². The van der Waals surface area contributed by atoms with E-state index < -0.39 is 0 Å². The summed E-state index contributed by atoms with van der Waals surface area (Å²) in [6, 6.07) is 0. The van der Waals surface area contributed by atoms with Gasteiger partial charge in [0.05, 0.1) is 0 Å². The third-order valence-corrected chi connectivity index (χ3v) is 7.01. The van der Waals surface area contributed by atoms with Gasteiger partial charge in [0.1, 0.15) is 0 Å². The number of rotatable bonds is 1. The molecule has 0 unspecified atom stereocenters. The van der Waals surface area contributed by atoms with Crippen LogP contribution in [0.15, 0.2) is 10.2 Å². The third kappa shape index (κ3) is 5.53. The van der Waals surface area contributed by atoms with Gasteiger partial charge in [0.2, 0.25) is 0 Å². The minimum atomic E-state index is 0.354. The third-order valence-electron chi connectivity index (χ3n) is 0.348. The van der Waals surface area contributed by atoms with Gasteiger partial charge < -0.3 is 0 Å². The summed E-state index contributed by atoms with van der Waals surface area (Å²) >= 11 is 1.76. The first kappa shape index (κ1) is 6.53. The van der Waals surface area contributed by atoms with Gasteiger partial charge >= 0.3 is 56.2 Å². The van der Waals surface area contributed by atoms with Crippen molar-refractivity contribution in [3.05, 3.63) is 10.2 Å². The Bertz CT molecular complexity index is 42.2. The van der Waals surface area contributed by atoms with E-state index in [0.717, 1.165) is 0 Å². The summed E-state index contributed by atoms with van der Waals surface area (Å²) < 4.78 is 1.45. The molecule has 0 heterocycles. The first-order valence-electron chi connectivity index (χ1n) is 1.47. The second-order valence-electron chi connectivity index (χ2n) is 0.906. The maximum absolute atomic E-state index is 3.77. The van der Waals surface area contributed by atoms with Crippen LogP contribution in [-0.4, -0.2) is 39.1 Å². The van der Waals surface area contributed by atoms with E-state index >= 15 is 0 Å². The van der Waals surface area contributed by atoms with Crippen LogP contribution in [0.1, 0.15) is 6.92 Å². The van der Waals surface area contributed by atoms with Gasteiger partial charge in [-0.15, -0.1) is 0 Å². The maximum atomic E-state index is 3.77. The monoisotopic (exact) mass is 194 g/mol. The zero-order valence-corrected chi connectivity index (χ0v) is 7.95. The first-order chi connectivity index (χ1) is 2.27. The van der Waals surface area contributed by atoms with Crippen LogP contribution in [0.2, 0.25) is 0 Å². The predicted octanol–water partition coefficient (Wildman–Crippen LogP) is 0.308. The van der Waals surface area contributed by atoms with Crippen molar-refractivity contribution in [2.75, 3.05) is 0 Å². The molecule has 5 heavy (non-hydrogen) atoms. The summed E-state index contributed by atoms with van der Waals surface area (Å²) in [4.78, 5) is 0. The van der Waals surface area contributed by atoms with E-state index in [2.05, 4.69) is 13.5 Å². The van der Waals surface area contributed by atoms with Crippen LogP contribution in [0, 0.1) is 0 Å². The van der Waals surface area contributed by atoms with Crippen molar-refractivity contribution in [2.24, 2.45) is 0 Å². The van der Waals surface area contributed by atoms with Crippen molar-refractivity contribution in [1.82, 2.24) is 0 Å². The second-order valence-corrected chi connectivity index (χ2v) is 6.80. The average Bonchev–Trinajstić information content (AvgIpc) is 1.38. The van der Waals surface area contributed by atoms with Crippen LogP contribution in [0.4, 0.5) is 0 Å². The average molecular weight is 192 g/mol. The van der Waals surface area contributed by atoms with Gasteiger partial charge in [0, 0.05) is 0 Å². The summed E-state index contributed by atoms with van der Waals surface area (Å²) in [5.74, 6) is 0. The van der Waals surface area contributed by atoms with Gasteiger partial charge in [-0.1, -0.05) is 0 Å². The molecule has 24 valence electrons. The molecule has 0 aliphatic heterocycles. The number of hydrogen-bond acceptors (Lipinski definition) is 0.